The van der Waals surface area contributed by atoms with Gasteiger partial charge >= 0.3 is 11.9 Å². The van der Waals surface area contributed by atoms with Crippen molar-refractivity contribution in [1.29, 1.82) is 0 Å². The predicted octanol–water partition coefficient (Wildman–Crippen LogP) is -0.581. The van der Waals surface area contributed by atoms with Gasteiger partial charge in [-0.2, -0.15) is 0 Å². The number of carboxylic acids is 1. The molecular formula is C5H6O4Pb. The molecule has 54 valence electrons. The van der Waals surface area contributed by atoms with Crippen molar-refractivity contribution in [3.05, 3.63) is 12.2 Å². The van der Waals surface area contributed by atoms with Crippen LogP contribution in [-0.2, 0) is 14.3 Å². The first kappa shape index (κ1) is 12.3. The molecule has 0 unspecified atom stereocenters. The van der Waals surface area contributed by atoms with Crippen LogP contribution in [0.4, 0.5) is 0 Å². The van der Waals surface area contributed by atoms with Gasteiger partial charge < -0.3 is 9.84 Å². The quantitative estimate of drug-likeness (QED) is 0.416. The maximum absolute atomic E-state index is 10.1. The Morgan fingerprint density at radius 2 is 1.90 bits per heavy atom. The second-order valence-corrected chi connectivity index (χ2v) is 1.19. The molecule has 10 heavy (non-hydrogen) atoms. The van der Waals surface area contributed by atoms with Gasteiger partial charge in [0.2, 0.25) is 0 Å². The molecule has 0 aliphatic heterocycles. The second kappa shape index (κ2) is 6.72. The smallest absolute Gasteiger partial charge is 0.330 e. The molecule has 0 saturated carbocycles. The summed E-state index contributed by atoms with van der Waals surface area (Å²) >= 11 is 0. The van der Waals surface area contributed by atoms with Crippen LogP contribution < -0.4 is 0 Å². The van der Waals surface area contributed by atoms with Crippen molar-refractivity contribution < 1.29 is 19.4 Å². The van der Waals surface area contributed by atoms with Crippen LogP contribution in [0, 0.1) is 0 Å². The van der Waals surface area contributed by atoms with Gasteiger partial charge in [-0.1, -0.05) is 0 Å². The summed E-state index contributed by atoms with van der Waals surface area (Å²) < 4.78 is 4.11. The third-order valence-electron chi connectivity index (χ3n) is 0.563. The van der Waals surface area contributed by atoms with E-state index in [9.17, 15) is 9.59 Å². The molecule has 0 rings (SSSR count). The average Bonchev–Trinajstić information content (AvgIpc) is 1.83. The van der Waals surface area contributed by atoms with Crippen LogP contribution in [0.1, 0.15) is 0 Å². The minimum absolute atomic E-state index is 0. The molecule has 0 saturated heterocycles. The summed E-state index contributed by atoms with van der Waals surface area (Å²) in [5.41, 5.74) is 0. The Kier molecular flexibility index (Phi) is 8.26. The zero-order valence-corrected chi connectivity index (χ0v) is 9.21. The van der Waals surface area contributed by atoms with Gasteiger partial charge in [0.05, 0.1) is 7.11 Å². The monoisotopic (exact) mass is 338 g/mol. The SMILES string of the molecule is COC(=O)/C=C/C(=O)O.[Pb]. The van der Waals surface area contributed by atoms with Gasteiger partial charge in [-0.15, -0.1) is 0 Å². The first-order valence-corrected chi connectivity index (χ1v) is 2.15. The van der Waals surface area contributed by atoms with Crippen LogP contribution in [0.25, 0.3) is 0 Å². The van der Waals surface area contributed by atoms with Crippen molar-refractivity contribution in [3.63, 3.8) is 0 Å². The number of methoxy groups -OCH3 is 1. The van der Waals surface area contributed by atoms with Crippen molar-refractivity contribution >= 4 is 39.2 Å². The van der Waals surface area contributed by atoms with E-state index in [4.69, 9.17) is 5.11 Å². The third-order valence-corrected chi connectivity index (χ3v) is 0.563. The van der Waals surface area contributed by atoms with E-state index in [1.807, 2.05) is 0 Å². The van der Waals surface area contributed by atoms with Crippen molar-refractivity contribution in [1.82, 2.24) is 0 Å². The summed E-state index contributed by atoms with van der Waals surface area (Å²) in [7, 11) is 1.18. The number of esters is 1. The topological polar surface area (TPSA) is 63.6 Å². The molecule has 5 heteroatoms. The van der Waals surface area contributed by atoms with Gasteiger partial charge in [0.1, 0.15) is 0 Å². The van der Waals surface area contributed by atoms with Crippen LogP contribution in [0.2, 0.25) is 0 Å². The molecule has 0 atom stereocenters. The number of rotatable bonds is 2. The normalized spacial score (nSPS) is 8.50. The Balaban J connectivity index is 0. The Morgan fingerprint density at radius 3 is 2.20 bits per heavy atom. The molecule has 0 heterocycles. The van der Waals surface area contributed by atoms with Crippen molar-refractivity contribution in [2.45, 2.75) is 0 Å². The third kappa shape index (κ3) is 7.60. The molecule has 0 spiro atoms. The zero-order chi connectivity index (χ0) is 7.28. The molecule has 0 aliphatic rings. The largest absolute Gasteiger partial charge is 0.478 e. The van der Waals surface area contributed by atoms with Crippen LogP contribution in [-0.4, -0.2) is 51.5 Å². The number of aliphatic carboxylic acids is 1. The minimum atomic E-state index is -1.17. The first-order chi connectivity index (χ1) is 4.16. The fourth-order valence-corrected chi connectivity index (χ4v) is 0.207. The van der Waals surface area contributed by atoms with Crippen LogP contribution in [0.5, 0.6) is 0 Å². The summed E-state index contributed by atoms with van der Waals surface area (Å²) in [5, 5.41) is 7.96. The van der Waals surface area contributed by atoms with E-state index in [0.717, 1.165) is 6.08 Å². The number of hydrogen-bond acceptors (Lipinski definition) is 3. The van der Waals surface area contributed by atoms with Crippen molar-refractivity contribution in [3.8, 4) is 0 Å². The fourth-order valence-electron chi connectivity index (χ4n) is 0.207. The van der Waals surface area contributed by atoms with E-state index >= 15 is 0 Å². The molecule has 0 amide bonds. The predicted molar refractivity (Wildman–Crippen MR) is 34.5 cm³/mol. The van der Waals surface area contributed by atoms with Crippen molar-refractivity contribution in [2.75, 3.05) is 7.11 Å². The summed E-state index contributed by atoms with van der Waals surface area (Å²) in [6.07, 6.45) is 1.55. The van der Waals surface area contributed by atoms with Gasteiger partial charge in [-0.25, -0.2) is 9.59 Å². The van der Waals surface area contributed by atoms with Crippen LogP contribution in [0.3, 0.4) is 0 Å². The molecule has 0 aromatic rings. The Bertz CT molecular complexity index is 152. The first-order valence-electron chi connectivity index (χ1n) is 2.15. The molecule has 1 N–H and O–H groups in total. The standard InChI is InChI=1S/C5H6O4.Pb/c1-9-5(8)3-2-4(6)7;/h2-3H,1H3,(H,6,7);/b3-2+;. The summed E-state index contributed by atoms with van der Waals surface area (Å²) in [5.74, 6) is -1.84. The fraction of sp³-hybridized carbons (Fsp3) is 0.200. The Hall–Kier alpha value is -0.398. The molecular weight excluding hydrogens is 331 g/mol. The van der Waals surface area contributed by atoms with Crippen molar-refractivity contribution in [2.24, 2.45) is 0 Å². The van der Waals surface area contributed by atoms with E-state index in [2.05, 4.69) is 4.74 Å². The number of carbonyl (C=O) groups is 2. The molecule has 0 aliphatic carbocycles. The zero-order valence-electron chi connectivity index (χ0n) is 5.33. The van der Waals surface area contributed by atoms with E-state index in [0.29, 0.717) is 6.08 Å². The maximum atomic E-state index is 10.1. The number of ether oxygens (including phenoxy) is 1. The maximum Gasteiger partial charge on any atom is 0.330 e. The van der Waals surface area contributed by atoms with Gasteiger partial charge in [-0.3, -0.25) is 0 Å². The van der Waals surface area contributed by atoms with Gasteiger partial charge in [0, 0.05) is 39.5 Å². The van der Waals surface area contributed by atoms with Crippen LogP contribution in [0.15, 0.2) is 12.2 Å². The van der Waals surface area contributed by atoms with E-state index in [1.54, 1.807) is 0 Å². The number of hydrogen-bond donors (Lipinski definition) is 1. The molecule has 0 aromatic carbocycles. The Labute approximate surface area is 78.0 Å². The van der Waals surface area contributed by atoms with Gasteiger partial charge in [0.25, 0.3) is 0 Å². The molecule has 0 bridgehead atoms. The molecule has 0 aromatic heterocycles. The summed E-state index contributed by atoms with van der Waals surface area (Å²) in [6, 6.07) is 0. The van der Waals surface area contributed by atoms with Gasteiger partial charge in [-0.05, 0) is 0 Å². The Morgan fingerprint density at radius 1 is 1.40 bits per heavy atom. The number of carboxylic acid groups (broad SMARTS) is 1. The molecule has 0 fully saturated rings. The second-order valence-electron chi connectivity index (χ2n) is 1.19. The summed E-state index contributed by atoms with van der Waals surface area (Å²) in [4.78, 5) is 19.9. The summed E-state index contributed by atoms with van der Waals surface area (Å²) in [6.45, 7) is 0. The van der Waals surface area contributed by atoms with E-state index < -0.39 is 11.9 Å². The number of carbonyl (C=O) groups excluding carboxylic acids is 1. The van der Waals surface area contributed by atoms with Crippen LogP contribution >= 0.6 is 0 Å². The molecule has 4 radical (unpaired) electrons. The van der Waals surface area contributed by atoms with E-state index in [1.165, 1.54) is 7.11 Å². The average molecular weight is 337 g/mol. The van der Waals surface area contributed by atoms with E-state index in [-0.39, 0.29) is 27.3 Å². The molecule has 4 nitrogen and oxygen atoms in total. The minimum Gasteiger partial charge on any atom is -0.478 e. The van der Waals surface area contributed by atoms with Gasteiger partial charge in [0.15, 0.2) is 0 Å².